The van der Waals surface area contributed by atoms with Gasteiger partial charge >= 0.3 is 0 Å². The van der Waals surface area contributed by atoms with Gasteiger partial charge in [-0.05, 0) is 33.6 Å². The van der Waals surface area contributed by atoms with Gasteiger partial charge < -0.3 is 0 Å². The fourth-order valence-electron chi connectivity index (χ4n) is 2.65. The van der Waals surface area contributed by atoms with Crippen LogP contribution in [0.1, 0.15) is 41.0 Å². The number of ketones is 4. The second kappa shape index (κ2) is 5.19. The molecule has 4 nitrogen and oxygen atoms in total. The van der Waals surface area contributed by atoms with Crippen molar-refractivity contribution >= 4 is 23.1 Å². The normalized spacial score (nSPS) is 23.8. The smallest absolute Gasteiger partial charge is 0.163 e. The number of rotatable bonds is 4. The van der Waals surface area contributed by atoms with E-state index in [0.717, 1.165) is 0 Å². The van der Waals surface area contributed by atoms with Gasteiger partial charge in [0.15, 0.2) is 23.1 Å². The van der Waals surface area contributed by atoms with Crippen LogP contribution in [0.4, 0.5) is 4.39 Å². The molecule has 0 amide bonds. The summed E-state index contributed by atoms with van der Waals surface area (Å²) in [4.78, 5) is 49.0. The van der Waals surface area contributed by atoms with Gasteiger partial charge in [0.25, 0.3) is 0 Å². The average molecular weight is 284 g/mol. The Bertz CT molecular complexity index is 446. The number of hydrogen-bond acceptors (Lipinski definition) is 4. The molecular weight excluding hydrogens is 263 g/mol. The van der Waals surface area contributed by atoms with E-state index >= 15 is 0 Å². The molecule has 1 aliphatic carbocycles. The molecule has 1 rings (SSSR count). The van der Waals surface area contributed by atoms with Crippen LogP contribution in [0, 0.1) is 22.7 Å². The lowest BCUT2D eigenvalue weighted by Gasteiger charge is -2.40. The van der Waals surface area contributed by atoms with Crippen molar-refractivity contribution in [1.82, 2.24) is 0 Å². The third kappa shape index (κ3) is 2.45. The van der Waals surface area contributed by atoms with Crippen molar-refractivity contribution in [2.75, 3.05) is 6.67 Å². The molecule has 0 aromatic heterocycles. The summed E-state index contributed by atoms with van der Waals surface area (Å²) in [5.74, 6) is -4.36. The van der Waals surface area contributed by atoms with Gasteiger partial charge in [0.1, 0.15) is 5.92 Å². The Morgan fingerprint density at radius 2 is 1.50 bits per heavy atom. The standard InChI is InChI=1S/C15H21FO4/c1-8(7-16)6-9(17)10-11(18)14(2,3)13(20)15(4,5)12(10)19/h8,10H,6-7H2,1-5H3. The zero-order chi connectivity index (χ0) is 15.9. The third-order valence-electron chi connectivity index (χ3n) is 4.03. The van der Waals surface area contributed by atoms with Gasteiger partial charge in [0, 0.05) is 6.42 Å². The highest BCUT2D eigenvalue weighted by Crippen LogP contribution is 2.41. The number of alkyl halides is 1. The van der Waals surface area contributed by atoms with Gasteiger partial charge in [-0.1, -0.05) is 6.92 Å². The van der Waals surface area contributed by atoms with Crippen molar-refractivity contribution in [2.24, 2.45) is 22.7 Å². The van der Waals surface area contributed by atoms with E-state index in [1.807, 2.05) is 0 Å². The van der Waals surface area contributed by atoms with Crippen LogP contribution in [0.2, 0.25) is 0 Å². The quantitative estimate of drug-likeness (QED) is 0.740. The molecular formula is C15H21FO4. The van der Waals surface area contributed by atoms with Crippen molar-refractivity contribution in [3.05, 3.63) is 0 Å². The summed E-state index contributed by atoms with van der Waals surface area (Å²) in [7, 11) is 0. The fraction of sp³-hybridized carbons (Fsp3) is 0.733. The van der Waals surface area contributed by atoms with E-state index < -0.39 is 52.5 Å². The fourth-order valence-corrected chi connectivity index (χ4v) is 2.65. The van der Waals surface area contributed by atoms with Crippen LogP contribution in [0.3, 0.4) is 0 Å². The molecule has 20 heavy (non-hydrogen) atoms. The molecule has 0 aromatic carbocycles. The molecule has 0 aliphatic heterocycles. The van der Waals surface area contributed by atoms with Crippen molar-refractivity contribution in [2.45, 2.75) is 41.0 Å². The summed E-state index contributed by atoms with van der Waals surface area (Å²) < 4.78 is 12.5. The predicted molar refractivity (Wildman–Crippen MR) is 70.8 cm³/mol. The lowest BCUT2D eigenvalue weighted by molar-refractivity contribution is -0.161. The number of hydrogen-bond donors (Lipinski definition) is 0. The second-order valence-corrected chi connectivity index (χ2v) is 6.67. The Labute approximate surface area is 118 Å². The maximum Gasteiger partial charge on any atom is 0.163 e. The van der Waals surface area contributed by atoms with E-state index in [9.17, 15) is 23.6 Å². The minimum Gasteiger partial charge on any atom is -0.298 e. The highest BCUT2D eigenvalue weighted by Gasteiger charge is 2.59. The number of halogens is 1. The lowest BCUT2D eigenvalue weighted by Crippen LogP contribution is -2.59. The summed E-state index contributed by atoms with van der Waals surface area (Å²) >= 11 is 0. The van der Waals surface area contributed by atoms with E-state index in [1.54, 1.807) is 0 Å². The van der Waals surface area contributed by atoms with Crippen molar-refractivity contribution in [3.63, 3.8) is 0 Å². The number of carbonyl (C=O) groups is 4. The minimum atomic E-state index is -1.44. The first-order valence-corrected chi connectivity index (χ1v) is 6.70. The van der Waals surface area contributed by atoms with Crippen LogP contribution in [-0.4, -0.2) is 29.8 Å². The molecule has 0 aromatic rings. The zero-order valence-corrected chi connectivity index (χ0v) is 12.6. The largest absolute Gasteiger partial charge is 0.298 e. The molecule has 0 saturated heterocycles. The van der Waals surface area contributed by atoms with Crippen LogP contribution >= 0.6 is 0 Å². The van der Waals surface area contributed by atoms with Crippen LogP contribution in [0.25, 0.3) is 0 Å². The molecule has 1 saturated carbocycles. The van der Waals surface area contributed by atoms with E-state index in [-0.39, 0.29) is 6.42 Å². The summed E-state index contributed by atoms with van der Waals surface area (Å²) in [6, 6.07) is 0. The molecule has 0 N–H and O–H groups in total. The van der Waals surface area contributed by atoms with Gasteiger partial charge in [-0.15, -0.1) is 0 Å². The Hall–Kier alpha value is -1.39. The zero-order valence-electron chi connectivity index (χ0n) is 12.6. The van der Waals surface area contributed by atoms with Gasteiger partial charge in [-0.25, -0.2) is 0 Å². The lowest BCUT2D eigenvalue weighted by atomic mass is 9.57. The minimum absolute atomic E-state index is 0.168. The van der Waals surface area contributed by atoms with Crippen molar-refractivity contribution < 1.29 is 23.6 Å². The summed E-state index contributed by atoms with van der Waals surface area (Å²) in [6.07, 6.45) is -0.168. The van der Waals surface area contributed by atoms with E-state index in [1.165, 1.54) is 34.6 Å². The molecule has 0 radical (unpaired) electrons. The molecule has 1 atom stereocenters. The topological polar surface area (TPSA) is 68.3 Å². The highest BCUT2D eigenvalue weighted by atomic mass is 19.1. The monoisotopic (exact) mass is 284 g/mol. The van der Waals surface area contributed by atoms with Gasteiger partial charge in [0.05, 0.1) is 17.5 Å². The Balaban J connectivity index is 3.19. The predicted octanol–water partition coefficient (Wildman–Crippen LogP) is 1.94. The maximum atomic E-state index is 12.5. The molecule has 1 unspecified atom stereocenters. The van der Waals surface area contributed by atoms with E-state index in [0.29, 0.717) is 0 Å². The van der Waals surface area contributed by atoms with Crippen LogP contribution in [0.15, 0.2) is 0 Å². The summed E-state index contributed by atoms with van der Waals surface area (Å²) in [5.41, 5.74) is -2.73. The molecule has 112 valence electrons. The summed E-state index contributed by atoms with van der Waals surface area (Å²) in [6.45, 7) is 6.59. The second-order valence-electron chi connectivity index (χ2n) is 6.67. The summed E-state index contributed by atoms with van der Waals surface area (Å²) in [5, 5.41) is 0. The van der Waals surface area contributed by atoms with Crippen molar-refractivity contribution in [3.8, 4) is 0 Å². The van der Waals surface area contributed by atoms with Crippen molar-refractivity contribution in [1.29, 1.82) is 0 Å². The Kier molecular flexibility index (Phi) is 4.32. The Morgan fingerprint density at radius 1 is 1.10 bits per heavy atom. The molecule has 0 spiro atoms. The Morgan fingerprint density at radius 3 is 1.85 bits per heavy atom. The highest BCUT2D eigenvalue weighted by molar-refractivity contribution is 6.35. The van der Waals surface area contributed by atoms with Gasteiger partial charge in [0.2, 0.25) is 0 Å². The number of Topliss-reactive ketones (excluding diaryl/α,β-unsaturated/α-hetero) is 4. The molecule has 5 heteroatoms. The maximum absolute atomic E-state index is 12.5. The SMILES string of the molecule is CC(CF)CC(=O)C1C(=O)C(C)(C)C(=O)C(C)(C)C1=O. The van der Waals surface area contributed by atoms with Crippen LogP contribution < -0.4 is 0 Å². The van der Waals surface area contributed by atoms with Crippen LogP contribution in [0.5, 0.6) is 0 Å². The molecule has 1 fully saturated rings. The average Bonchev–Trinajstić information content (AvgIpc) is 2.35. The van der Waals surface area contributed by atoms with E-state index in [4.69, 9.17) is 0 Å². The van der Waals surface area contributed by atoms with Gasteiger partial charge in [-0.2, -0.15) is 0 Å². The first-order valence-electron chi connectivity index (χ1n) is 6.70. The van der Waals surface area contributed by atoms with E-state index in [2.05, 4.69) is 0 Å². The van der Waals surface area contributed by atoms with Crippen LogP contribution in [-0.2, 0) is 19.2 Å². The first-order chi connectivity index (χ1) is 8.97. The first kappa shape index (κ1) is 16.7. The molecule has 0 bridgehead atoms. The molecule has 0 heterocycles. The van der Waals surface area contributed by atoms with Gasteiger partial charge in [-0.3, -0.25) is 23.6 Å². The third-order valence-corrected chi connectivity index (χ3v) is 4.03. The molecule has 1 aliphatic rings. The number of carbonyl (C=O) groups excluding carboxylic acids is 4.